The third kappa shape index (κ3) is 23.4. The maximum absolute atomic E-state index is 12.0. The average molecular weight is 438 g/mol. The fourth-order valence-electron chi connectivity index (χ4n) is 3.04. The topological polar surface area (TPSA) is 44.8 Å². The molecule has 0 aromatic carbocycles. The monoisotopic (exact) mass is 437 g/mol. The van der Waals surface area contributed by atoms with Crippen molar-refractivity contribution in [3.05, 3.63) is 30.9 Å². The molecule has 0 spiro atoms. The minimum atomic E-state index is -0.325. The van der Waals surface area contributed by atoms with Gasteiger partial charge in [-0.05, 0) is 64.2 Å². The summed E-state index contributed by atoms with van der Waals surface area (Å²) in [6.45, 7) is 9.48. The molecule has 0 unspecified atom stereocenters. The van der Waals surface area contributed by atoms with Crippen LogP contribution >= 0.6 is 0 Å². The number of carbonyl (C=O) groups excluding carboxylic acids is 1. The molecule has 0 saturated heterocycles. The SMILES string of the molecule is CC/C=C\CCCCOC(CCC(=O)O[CH]CCCCCC)OCCCC/C=C\CC. The van der Waals surface area contributed by atoms with E-state index in [2.05, 4.69) is 45.1 Å². The quantitative estimate of drug-likeness (QED) is 0.0701. The second-order valence-corrected chi connectivity index (χ2v) is 7.97. The zero-order valence-corrected chi connectivity index (χ0v) is 20.6. The molecule has 0 N–H and O–H groups in total. The summed E-state index contributed by atoms with van der Waals surface area (Å²) in [4.78, 5) is 12.0. The number of unbranched alkanes of at least 4 members (excludes halogenated alkanes) is 8. The number of ether oxygens (including phenoxy) is 3. The summed E-state index contributed by atoms with van der Waals surface area (Å²) in [7, 11) is 0. The van der Waals surface area contributed by atoms with Crippen LogP contribution in [0.25, 0.3) is 0 Å². The first-order chi connectivity index (χ1) is 15.2. The van der Waals surface area contributed by atoms with Crippen molar-refractivity contribution in [2.45, 2.75) is 123 Å². The summed E-state index contributed by atoms with van der Waals surface area (Å²) >= 11 is 0. The molecule has 4 heteroatoms. The van der Waals surface area contributed by atoms with E-state index in [9.17, 15) is 4.79 Å². The van der Waals surface area contributed by atoms with Crippen LogP contribution in [0.4, 0.5) is 0 Å². The first-order valence-corrected chi connectivity index (χ1v) is 12.8. The molecule has 0 atom stereocenters. The van der Waals surface area contributed by atoms with Crippen molar-refractivity contribution in [3.63, 3.8) is 0 Å². The zero-order valence-electron chi connectivity index (χ0n) is 20.6. The van der Waals surface area contributed by atoms with Crippen LogP contribution in [0.2, 0.25) is 0 Å². The normalized spacial score (nSPS) is 11.9. The third-order valence-electron chi connectivity index (χ3n) is 4.92. The van der Waals surface area contributed by atoms with Crippen LogP contribution in [0.15, 0.2) is 24.3 Å². The van der Waals surface area contributed by atoms with Crippen molar-refractivity contribution in [1.82, 2.24) is 0 Å². The Balaban J connectivity index is 4.07. The molecule has 0 saturated carbocycles. The van der Waals surface area contributed by atoms with E-state index in [-0.39, 0.29) is 12.3 Å². The molecule has 0 aromatic heterocycles. The highest BCUT2D eigenvalue weighted by molar-refractivity contribution is 5.69. The lowest BCUT2D eigenvalue weighted by Gasteiger charge is -2.18. The first-order valence-electron chi connectivity index (χ1n) is 12.8. The molecule has 0 fully saturated rings. The van der Waals surface area contributed by atoms with Crippen molar-refractivity contribution in [2.75, 3.05) is 13.2 Å². The van der Waals surface area contributed by atoms with Gasteiger partial charge in [0.15, 0.2) is 6.29 Å². The van der Waals surface area contributed by atoms with E-state index in [1.165, 1.54) is 19.3 Å². The molecule has 0 amide bonds. The van der Waals surface area contributed by atoms with Crippen molar-refractivity contribution in [1.29, 1.82) is 0 Å². The fourth-order valence-corrected chi connectivity index (χ4v) is 3.04. The van der Waals surface area contributed by atoms with Gasteiger partial charge in [0.2, 0.25) is 0 Å². The van der Waals surface area contributed by atoms with Crippen molar-refractivity contribution < 1.29 is 19.0 Å². The Morgan fingerprint density at radius 3 is 1.84 bits per heavy atom. The lowest BCUT2D eigenvalue weighted by molar-refractivity contribution is -0.157. The van der Waals surface area contributed by atoms with Crippen molar-refractivity contribution >= 4 is 5.97 Å². The molecule has 0 bridgehead atoms. The number of carbonyl (C=O) groups is 1. The summed E-state index contributed by atoms with van der Waals surface area (Å²) in [6.07, 6.45) is 23.6. The van der Waals surface area contributed by atoms with E-state index >= 15 is 0 Å². The van der Waals surface area contributed by atoms with Gasteiger partial charge in [-0.15, -0.1) is 0 Å². The van der Waals surface area contributed by atoms with E-state index in [0.717, 1.165) is 64.2 Å². The Kier molecular flexibility index (Phi) is 24.2. The molecule has 0 heterocycles. The van der Waals surface area contributed by atoms with Gasteiger partial charge in [-0.3, -0.25) is 4.79 Å². The lowest BCUT2D eigenvalue weighted by atomic mass is 10.2. The molecule has 31 heavy (non-hydrogen) atoms. The Labute approximate surface area is 192 Å². The predicted octanol–water partition coefficient (Wildman–Crippen LogP) is 8.07. The molecule has 0 aliphatic heterocycles. The zero-order chi connectivity index (χ0) is 22.8. The van der Waals surface area contributed by atoms with Gasteiger partial charge in [0.1, 0.15) is 6.61 Å². The van der Waals surface area contributed by atoms with Crippen molar-refractivity contribution in [3.8, 4) is 0 Å². The summed E-state index contributed by atoms with van der Waals surface area (Å²) in [5.74, 6) is -0.193. The maximum Gasteiger partial charge on any atom is 0.306 e. The molecule has 4 nitrogen and oxygen atoms in total. The summed E-state index contributed by atoms with van der Waals surface area (Å²) in [5, 5.41) is 0. The average Bonchev–Trinajstić information content (AvgIpc) is 2.77. The smallest absolute Gasteiger partial charge is 0.306 e. The number of esters is 1. The standard InChI is InChI=1S/C27H49O4/c1-4-7-10-13-16-19-24-30-27(31-25-20-17-14-11-8-5-2)22-21-26(28)29-23-18-15-12-9-6-3/h7-8,10-11,23,27H,4-6,9,12-22,24-25H2,1-3H3/b10-7-,11-8-. The van der Waals surface area contributed by atoms with Gasteiger partial charge in [-0.1, -0.05) is 64.3 Å². The molecule has 1 radical (unpaired) electrons. The molecule has 181 valence electrons. The molecular formula is C27H49O4. The van der Waals surface area contributed by atoms with Gasteiger partial charge in [-0.2, -0.15) is 0 Å². The number of rotatable bonds is 23. The lowest BCUT2D eigenvalue weighted by Crippen LogP contribution is -2.20. The molecule has 0 aromatic rings. The van der Waals surface area contributed by atoms with Gasteiger partial charge < -0.3 is 14.2 Å². The van der Waals surface area contributed by atoms with Gasteiger partial charge >= 0.3 is 5.97 Å². The van der Waals surface area contributed by atoms with Crippen LogP contribution in [0.3, 0.4) is 0 Å². The highest BCUT2D eigenvalue weighted by Gasteiger charge is 2.13. The van der Waals surface area contributed by atoms with Gasteiger partial charge in [0.25, 0.3) is 0 Å². The third-order valence-corrected chi connectivity index (χ3v) is 4.92. The molecule has 0 aliphatic rings. The van der Waals surface area contributed by atoms with E-state index in [1.807, 2.05) is 0 Å². The van der Waals surface area contributed by atoms with E-state index in [1.54, 1.807) is 6.61 Å². The minimum Gasteiger partial charge on any atom is -0.458 e. The number of hydrogen-bond donors (Lipinski definition) is 0. The Hall–Kier alpha value is -1.13. The van der Waals surface area contributed by atoms with Crippen LogP contribution in [-0.4, -0.2) is 25.5 Å². The highest BCUT2D eigenvalue weighted by Crippen LogP contribution is 2.11. The number of allylic oxidation sites excluding steroid dienone is 4. The minimum absolute atomic E-state index is 0.193. The van der Waals surface area contributed by atoms with Crippen LogP contribution < -0.4 is 0 Å². The highest BCUT2D eigenvalue weighted by atomic mass is 16.7. The second kappa shape index (κ2) is 25.1. The predicted molar refractivity (Wildman–Crippen MR) is 131 cm³/mol. The Morgan fingerprint density at radius 1 is 0.710 bits per heavy atom. The van der Waals surface area contributed by atoms with Crippen LogP contribution in [0.5, 0.6) is 0 Å². The van der Waals surface area contributed by atoms with Gasteiger partial charge in [0.05, 0.1) is 6.42 Å². The van der Waals surface area contributed by atoms with Crippen LogP contribution in [0, 0.1) is 6.61 Å². The summed E-state index contributed by atoms with van der Waals surface area (Å²) < 4.78 is 17.1. The van der Waals surface area contributed by atoms with E-state index < -0.39 is 0 Å². The van der Waals surface area contributed by atoms with Crippen LogP contribution in [-0.2, 0) is 19.0 Å². The van der Waals surface area contributed by atoms with Gasteiger partial charge in [-0.25, -0.2) is 0 Å². The Bertz CT molecular complexity index is 407. The Morgan fingerprint density at radius 2 is 1.29 bits per heavy atom. The van der Waals surface area contributed by atoms with Crippen molar-refractivity contribution in [2.24, 2.45) is 0 Å². The van der Waals surface area contributed by atoms with Crippen LogP contribution in [0.1, 0.15) is 117 Å². The molecule has 0 rings (SSSR count). The summed E-state index contributed by atoms with van der Waals surface area (Å²) in [5.41, 5.74) is 0. The largest absolute Gasteiger partial charge is 0.458 e. The first kappa shape index (κ1) is 29.9. The van der Waals surface area contributed by atoms with E-state index in [4.69, 9.17) is 14.2 Å². The molecule has 0 aliphatic carbocycles. The molecular weight excluding hydrogens is 388 g/mol. The second-order valence-electron chi connectivity index (χ2n) is 7.97. The summed E-state index contributed by atoms with van der Waals surface area (Å²) in [6, 6.07) is 0. The van der Waals surface area contributed by atoms with Gasteiger partial charge in [0, 0.05) is 19.6 Å². The van der Waals surface area contributed by atoms with E-state index in [0.29, 0.717) is 26.1 Å². The number of hydrogen-bond acceptors (Lipinski definition) is 4. The fraction of sp³-hybridized carbons (Fsp3) is 0.778. The maximum atomic E-state index is 12.0.